The molecule has 1 aromatic carbocycles. The van der Waals surface area contributed by atoms with Gasteiger partial charge in [0, 0.05) is 6.04 Å². The van der Waals surface area contributed by atoms with Crippen LogP contribution in [0, 0.1) is 17.2 Å². The number of nitrogens with zero attached hydrogens (tertiary/aromatic N) is 1. The van der Waals surface area contributed by atoms with Crippen LogP contribution in [0.25, 0.3) is 0 Å². The van der Waals surface area contributed by atoms with Crippen LogP contribution in [-0.4, -0.2) is 6.54 Å². The van der Waals surface area contributed by atoms with Gasteiger partial charge >= 0.3 is 0 Å². The van der Waals surface area contributed by atoms with Crippen LogP contribution in [-0.2, 0) is 0 Å². The predicted molar refractivity (Wildman–Crippen MR) is 78.8 cm³/mol. The quantitative estimate of drug-likeness (QED) is 0.775. The van der Waals surface area contributed by atoms with Crippen molar-refractivity contribution in [3.8, 4) is 6.07 Å². The highest BCUT2D eigenvalue weighted by atomic mass is 14.9. The first-order valence-corrected chi connectivity index (χ1v) is 7.53. The molecule has 1 aromatic rings. The van der Waals surface area contributed by atoms with Crippen molar-refractivity contribution in [1.29, 1.82) is 5.26 Å². The summed E-state index contributed by atoms with van der Waals surface area (Å²) in [6, 6.07) is 10.4. The zero-order valence-electron chi connectivity index (χ0n) is 11.9. The number of rotatable bonds is 6. The molecule has 0 aromatic heterocycles. The first-order valence-electron chi connectivity index (χ1n) is 7.53. The fraction of sp³-hybridized carbons (Fsp3) is 0.588. The van der Waals surface area contributed by atoms with Crippen molar-refractivity contribution in [3.05, 3.63) is 35.4 Å². The first-order chi connectivity index (χ1) is 9.29. The van der Waals surface area contributed by atoms with Gasteiger partial charge in [0.15, 0.2) is 0 Å². The monoisotopic (exact) mass is 256 g/mol. The van der Waals surface area contributed by atoms with Crippen molar-refractivity contribution >= 4 is 0 Å². The van der Waals surface area contributed by atoms with E-state index in [1.54, 1.807) is 0 Å². The maximum Gasteiger partial charge on any atom is 0.0991 e. The van der Waals surface area contributed by atoms with E-state index in [0.717, 1.165) is 18.0 Å². The highest BCUT2D eigenvalue weighted by Crippen LogP contribution is 2.28. The van der Waals surface area contributed by atoms with Gasteiger partial charge in [-0.2, -0.15) is 5.26 Å². The van der Waals surface area contributed by atoms with Crippen LogP contribution in [0.15, 0.2) is 24.3 Å². The van der Waals surface area contributed by atoms with E-state index in [2.05, 4.69) is 24.4 Å². The standard InChI is InChI=1S/C17H24N2/c1-14(17-10-4-8-16(12-17)13-18)19-11-5-9-15-6-2-3-7-15/h4,8,10,12,14-15,19H,2-3,5-7,9,11H2,1H3. The van der Waals surface area contributed by atoms with E-state index in [0.29, 0.717) is 6.04 Å². The molecular formula is C17H24N2. The number of hydrogen-bond acceptors (Lipinski definition) is 2. The maximum atomic E-state index is 8.91. The SMILES string of the molecule is CC(NCCCC1CCCC1)c1cccc(C#N)c1. The Kier molecular flexibility index (Phi) is 5.42. The summed E-state index contributed by atoms with van der Waals surface area (Å²) in [6.45, 7) is 3.25. The zero-order chi connectivity index (χ0) is 13.5. The van der Waals surface area contributed by atoms with Gasteiger partial charge in [-0.25, -0.2) is 0 Å². The molecule has 0 radical (unpaired) electrons. The second-order valence-electron chi connectivity index (χ2n) is 5.71. The minimum atomic E-state index is 0.330. The highest BCUT2D eigenvalue weighted by molar-refractivity contribution is 5.33. The molecule has 1 aliphatic carbocycles. The van der Waals surface area contributed by atoms with Crippen LogP contribution in [0.5, 0.6) is 0 Å². The van der Waals surface area contributed by atoms with Gasteiger partial charge in [0.2, 0.25) is 0 Å². The molecule has 0 saturated heterocycles. The fourth-order valence-corrected chi connectivity index (χ4v) is 3.00. The lowest BCUT2D eigenvalue weighted by Gasteiger charge is -2.15. The van der Waals surface area contributed by atoms with E-state index < -0.39 is 0 Å². The Balaban J connectivity index is 1.71. The lowest BCUT2D eigenvalue weighted by Crippen LogP contribution is -2.20. The number of nitriles is 1. The summed E-state index contributed by atoms with van der Waals surface area (Å²) < 4.78 is 0. The van der Waals surface area contributed by atoms with Gasteiger partial charge in [-0.15, -0.1) is 0 Å². The molecule has 0 heterocycles. The second kappa shape index (κ2) is 7.31. The van der Waals surface area contributed by atoms with Crippen LogP contribution in [0.3, 0.4) is 0 Å². The molecule has 1 saturated carbocycles. The molecule has 1 fully saturated rings. The van der Waals surface area contributed by atoms with Crippen molar-refractivity contribution < 1.29 is 0 Å². The van der Waals surface area contributed by atoms with E-state index in [-0.39, 0.29) is 0 Å². The Labute approximate surface area is 116 Å². The summed E-state index contributed by atoms with van der Waals surface area (Å²) in [5.74, 6) is 0.985. The van der Waals surface area contributed by atoms with Gasteiger partial charge in [0.25, 0.3) is 0 Å². The van der Waals surface area contributed by atoms with Crippen molar-refractivity contribution in [2.24, 2.45) is 5.92 Å². The predicted octanol–water partition coefficient (Wildman–Crippen LogP) is 4.18. The molecule has 1 unspecified atom stereocenters. The normalized spacial score (nSPS) is 17.3. The molecule has 0 bridgehead atoms. The van der Waals surface area contributed by atoms with Crippen molar-refractivity contribution in [2.45, 2.75) is 51.5 Å². The molecule has 0 aliphatic heterocycles. The molecule has 19 heavy (non-hydrogen) atoms. The van der Waals surface area contributed by atoms with E-state index in [1.165, 1.54) is 44.1 Å². The third-order valence-corrected chi connectivity index (χ3v) is 4.23. The molecule has 1 aliphatic rings. The first kappa shape index (κ1) is 14.1. The molecular weight excluding hydrogens is 232 g/mol. The van der Waals surface area contributed by atoms with Crippen LogP contribution in [0.4, 0.5) is 0 Å². The van der Waals surface area contributed by atoms with Gasteiger partial charge in [-0.1, -0.05) is 37.8 Å². The third kappa shape index (κ3) is 4.36. The molecule has 0 amide bonds. The summed E-state index contributed by atoms with van der Waals surface area (Å²) in [7, 11) is 0. The van der Waals surface area contributed by atoms with Crippen LogP contribution >= 0.6 is 0 Å². The Hall–Kier alpha value is -1.33. The van der Waals surface area contributed by atoms with Crippen molar-refractivity contribution in [1.82, 2.24) is 5.32 Å². The largest absolute Gasteiger partial charge is 0.310 e. The van der Waals surface area contributed by atoms with Gasteiger partial charge in [-0.3, -0.25) is 0 Å². The van der Waals surface area contributed by atoms with E-state index in [1.807, 2.05) is 18.2 Å². The van der Waals surface area contributed by atoms with Crippen molar-refractivity contribution in [3.63, 3.8) is 0 Å². The minimum Gasteiger partial charge on any atom is -0.310 e. The lowest BCUT2D eigenvalue weighted by molar-refractivity contribution is 0.456. The molecule has 1 atom stereocenters. The van der Waals surface area contributed by atoms with E-state index >= 15 is 0 Å². The fourth-order valence-electron chi connectivity index (χ4n) is 3.00. The molecule has 0 spiro atoms. The Morgan fingerprint density at radius 1 is 1.37 bits per heavy atom. The topological polar surface area (TPSA) is 35.8 Å². The lowest BCUT2D eigenvalue weighted by atomic mass is 10.0. The van der Waals surface area contributed by atoms with Crippen LogP contribution in [0.2, 0.25) is 0 Å². The minimum absolute atomic E-state index is 0.330. The maximum absolute atomic E-state index is 8.91. The Bertz CT molecular complexity index is 427. The highest BCUT2D eigenvalue weighted by Gasteiger charge is 2.14. The number of nitrogens with one attached hydrogen (secondary N) is 1. The third-order valence-electron chi connectivity index (χ3n) is 4.23. The van der Waals surface area contributed by atoms with Crippen LogP contribution in [0.1, 0.15) is 62.6 Å². The van der Waals surface area contributed by atoms with Gasteiger partial charge in [0.1, 0.15) is 0 Å². The van der Waals surface area contributed by atoms with Gasteiger partial charge in [-0.05, 0) is 49.9 Å². The molecule has 102 valence electrons. The Morgan fingerprint density at radius 2 is 2.16 bits per heavy atom. The average molecular weight is 256 g/mol. The molecule has 2 nitrogen and oxygen atoms in total. The molecule has 1 N–H and O–H groups in total. The van der Waals surface area contributed by atoms with Gasteiger partial charge < -0.3 is 5.32 Å². The summed E-state index contributed by atoms with van der Waals surface area (Å²) >= 11 is 0. The summed E-state index contributed by atoms with van der Waals surface area (Å²) in [5, 5.41) is 12.5. The summed E-state index contributed by atoms with van der Waals surface area (Å²) in [5.41, 5.74) is 1.96. The number of benzene rings is 1. The Morgan fingerprint density at radius 3 is 2.89 bits per heavy atom. The van der Waals surface area contributed by atoms with E-state index in [9.17, 15) is 0 Å². The molecule has 2 rings (SSSR count). The zero-order valence-corrected chi connectivity index (χ0v) is 11.9. The van der Waals surface area contributed by atoms with Crippen molar-refractivity contribution in [2.75, 3.05) is 6.54 Å². The average Bonchev–Trinajstić information content (AvgIpc) is 2.96. The smallest absolute Gasteiger partial charge is 0.0991 e. The number of hydrogen-bond donors (Lipinski definition) is 1. The summed E-state index contributed by atoms with van der Waals surface area (Å²) in [6.07, 6.45) is 8.41. The van der Waals surface area contributed by atoms with E-state index in [4.69, 9.17) is 5.26 Å². The summed E-state index contributed by atoms with van der Waals surface area (Å²) in [4.78, 5) is 0. The second-order valence-corrected chi connectivity index (χ2v) is 5.71. The van der Waals surface area contributed by atoms with Gasteiger partial charge in [0.05, 0.1) is 11.6 Å². The van der Waals surface area contributed by atoms with Crippen LogP contribution < -0.4 is 5.32 Å². The molecule has 2 heteroatoms.